The van der Waals surface area contributed by atoms with Crippen LogP contribution in [0.3, 0.4) is 0 Å². The number of carbonyl (C=O) groups is 2. The Kier molecular flexibility index (Phi) is 8.46. The summed E-state index contributed by atoms with van der Waals surface area (Å²) in [5.41, 5.74) is -2.47. The highest BCUT2D eigenvalue weighted by atomic mass is 35.5. The lowest BCUT2D eigenvalue weighted by atomic mass is 10.1. The first kappa shape index (κ1) is 26.5. The first-order valence-corrected chi connectivity index (χ1v) is 9.68. The number of alkyl halides is 3. The first-order chi connectivity index (χ1) is 15.9. The predicted molar refractivity (Wildman–Crippen MR) is 113 cm³/mol. The van der Waals surface area contributed by atoms with E-state index >= 15 is 0 Å². The largest absolute Gasteiger partial charge is 0.490 e. The van der Waals surface area contributed by atoms with Crippen LogP contribution >= 0.6 is 11.6 Å². The van der Waals surface area contributed by atoms with Gasteiger partial charge in [-0.25, -0.2) is 9.59 Å². The van der Waals surface area contributed by atoms with Gasteiger partial charge in [0, 0.05) is 6.07 Å². The van der Waals surface area contributed by atoms with Crippen LogP contribution in [-0.2, 0) is 25.2 Å². The van der Waals surface area contributed by atoms with E-state index in [1.54, 1.807) is 6.92 Å². The normalized spacial score (nSPS) is 10.8. The molecule has 0 saturated carbocycles. The maximum atomic E-state index is 13.0. The Labute approximate surface area is 195 Å². The van der Waals surface area contributed by atoms with Crippen molar-refractivity contribution >= 4 is 35.3 Å². The number of nitro groups is 1. The van der Waals surface area contributed by atoms with Gasteiger partial charge in [0.05, 0.1) is 36.3 Å². The molecule has 9 nitrogen and oxygen atoms in total. The lowest BCUT2D eigenvalue weighted by Crippen LogP contribution is -2.15. The lowest BCUT2D eigenvalue weighted by Gasteiger charge is -2.15. The van der Waals surface area contributed by atoms with Gasteiger partial charge in [0.15, 0.2) is 11.5 Å². The van der Waals surface area contributed by atoms with E-state index in [0.717, 1.165) is 26.4 Å². The molecule has 0 spiro atoms. The van der Waals surface area contributed by atoms with E-state index in [9.17, 15) is 32.9 Å². The molecule has 0 aliphatic carbocycles. The topological polar surface area (TPSA) is 114 Å². The average molecular weight is 504 g/mol. The smallest absolute Gasteiger partial charge is 0.416 e. The number of methoxy groups -OCH3 is 2. The molecular weight excluding hydrogens is 487 g/mol. The fourth-order valence-corrected chi connectivity index (χ4v) is 2.91. The minimum absolute atomic E-state index is 0.0653. The molecule has 0 fully saturated rings. The van der Waals surface area contributed by atoms with Crippen molar-refractivity contribution < 1.29 is 46.6 Å². The summed E-state index contributed by atoms with van der Waals surface area (Å²) in [5, 5.41) is 11.2. The zero-order valence-corrected chi connectivity index (χ0v) is 18.7. The molecule has 0 amide bonds. The van der Waals surface area contributed by atoms with Crippen molar-refractivity contribution in [2.45, 2.75) is 13.1 Å². The van der Waals surface area contributed by atoms with Gasteiger partial charge in [0.25, 0.3) is 0 Å². The number of carbonyl (C=O) groups excluding carboxylic acids is 2. The summed E-state index contributed by atoms with van der Waals surface area (Å²) in [6.45, 7) is 1.69. The Morgan fingerprint density at radius 1 is 1.09 bits per heavy atom. The Balaban J connectivity index is 2.60. The van der Waals surface area contributed by atoms with Crippen LogP contribution in [0.5, 0.6) is 17.2 Å². The van der Waals surface area contributed by atoms with E-state index in [1.165, 1.54) is 12.1 Å². The second-order valence-corrected chi connectivity index (χ2v) is 6.75. The molecule has 2 rings (SSSR count). The molecule has 0 aliphatic rings. The van der Waals surface area contributed by atoms with Gasteiger partial charge in [-0.05, 0) is 42.8 Å². The predicted octanol–water partition coefficient (Wildman–Crippen LogP) is 5.19. The molecular formula is C21H17ClF3NO8. The second-order valence-electron chi connectivity index (χ2n) is 6.34. The van der Waals surface area contributed by atoms with Crippen molar-refractivity contribution in [2.24, 2.45) is 0 Å². The Morgan fingerprint density at radius 2 is 1.71 bits per heavy atom. The van der Waals surface area contributed by atoms with Crippen LogP contribution in [0, 0.1) is 10.1 Å². The highest BCUT2D eigenvalue weighted by molar-refractivity contribution is 6.32. The number of ether oxygens (including phenoxy) is 4. The number of rotatable bonds is 8. The standard InChI is InChI=1S/C21H17ClF3NO8/c1-4-33-17-9-11(7-13(19(27)31-2)20(28)32-3)8-14(22)18(17)34-16-6-5-12(21(23,24)25)10-15(16)26(29)30/h5-10H,4H2,1-3H3. The van der Waals surface area contributed by atoms with Crippen molar-refractivity contribution in [2.75, 3.05) is 20.8 Å². The molecule has 2 aromatic carbocycles. The van der Waals surface area contributed by atoms with Crippen molar-refractivity contribution in [3.05, 3.63) is 62.2 Å². The Bertz CT molecular complexity index is 1130. The third-order valence-electron chi connectivity index (χ3n) is 4.15. The van der Waals surface area contributed by atoms with E-state index in [-0.39, 0.29) is 28.7 Å². The van der Waals surface area contributed by atoms with Crippen molar-refractivity contribution in [1.82, 2.24) is 0 Å². The zero-order chi connectivity index (χ0) is 25.6. The zero-order valence-electron chi connectivity index (χ0n) is 17.9. The molecule has 0 N–H and O–H groups in total. The molecule has 182 valence electrons. The molecule has 0 atom stereocenters. The number of benzene rings is 2. The quantitative estimate of drug-likeness (QED) is 0.121. The molecule has 2 aromatic rings. The van der Waals surface area contributed by atoms with Gasteiger partial charge in [-0.2, -0.15) is 13.2 Å². The van der Waals surface area contributed by atoms with Gasteiger partial charge < -0.3 is 18.9 Å². The van der Waals surface area contributed by atoms with Gasteiger partial charge in [0.1, 0.15) is 5.57 Å². The summed E-state index contributed by atoms with van der Waals surface area (Å²) < 4.78 is 58.9. The lowest BCUT2D eigenvalue weighted by molar-refractivity contribution is -0.385. The maximum Gasteiger partial charge on any atom is 0.416 e. The van der Waals surface area contributed by atoms with Gasteiger partial charge in [-0.3, -0.25) is 10.1 Å². The van der Waals surface area contributed by atoms with Gasteiger partial charge >= 0.3 is 23.8 Å². The molecule has 0 aliphatic heterocycles. The van der Waals surface area contributed by atoms with Crippen LogP contribution in [0.15, 0.2) is 35.9 Å². The fraction of sp³-hybridized carbons (Fsp3) is 0.238. The van der Waals surface area contributed by atoms with Crippen LogP contribution < -0.4 is 9.47 Å². The molecule has 34 heavy (non-hydrogen) atoms. The molecule has 0 bridgehead atoms. The van der Waals surface area contributed by atoms with Gasteiger partial charge in [-0.15, -0.1) is 0 Å². The number of esters is 2. The maximum absolute atomic E-state index is 13.0. The molecule has 0 aromatic heterocycles. The van der Waals surface area contributed by atoms with Gasteiger partial charge in [-0.1, -0.05) is 11.6 Å². The van der Waals surface area contributed by atoms with E-state index < -0.39 is 45.6 Å². The molecule has 13 heteroatoms. The monoisotopic (exact) mass is 503 g/mol. The Hall–Kier alpha value is -3.80. The van der Waals surface area contributed by atoms with E-state index in [2.05, 4.69) is 9.47 Å². The first-order valence-electron chi connectivity index (χ1n) is 9.31. The van der Waals surface area contributed by atoms with Crippen molar-refractivity contribution in [3.63, 3.8) is 0 Å². The average Bonchev–Trinajstić information content (AvgIpc) is 2.78. The fourth-order valence-electron chi connectivity index (χ4n) is 2.65. The summed E-state index contributed by atoms with van der Waals surface area (Å²) in [6, 6.07) is 4.27. The van der Waals surface area contributed by atoms with Crippen molar-refractivity contribution in [1.29, 1.82) is 0 Å². The molecule has 0 radical (unpaired) electrons. The number of hydrogen-bond acceptors (Lipinski definition) is 8. The highest BCUT2D eigenvalue weighted by Crippen LogP contribution is 2.44. The van der Waals surface area contributed by atoms with Crippen LogP contribution in [0.4, 0.5) is 18.9 Å². The summed E-state index contributed by atoms with van der Waals surface area (Å²) in [6.07, 6.45) is -3.70. The number of nitrogens with zero attached hydrogens (tertiary/aromatic N) is 1. The number of halogens is 4. The van der Waals surface area contributed by atoms with Crippen LogP contribution in [0.2, 0.25) is 5.02 Å². The molecule has 0 heterocycles. The summed E-state index contributed by atoms with van der Waals surface area (Å²) in [4.78, 5) is 34.1. The SMILES string of the molecule is CCOc1cc(C=C(C(=O)OC)C(=O)OC)cc(Cl)c1Oc1ccc(C(F)(F)F)cc1[N+](=O)[O-]. The number of nitro benzene ring substituents is 1. The van der Waals surface area contributed by atoms with E-state index in [1.807, 2.05) is 0 Å². The van der Waals surface area contributed by atoms with E-state index in [0.29, 0.717) is 12.1 Å². The van der Waals surface area contributed by atoms with Gasteiger partial charge in [0.2, 0.25) is 5.75 Å². The summed E-state index contributed by atoms with van der Waals surface area (Å²) in [5.74, 6) is -2.79. The minimum Gasteiger partial charge on any atom is -0.490 e. The van der Waals surface area contributed by atoms with Crippen molar-refractivity contribution in [3.8, 4) is 17.2 Å². The third-order valence-corrected chi connectivity index (χ3v) is 4.43. The van der Waals surface area contributed by atoms with Crippen LogP contribution in [0.1, 0.15) is 18.1 Å². The van der Waals surface area contributed by atoms with Crippen LogP contribution in [-0.4, -0.2) is 37.7 Å². The van der Waals surface area contributed by atoms with E-state index in [4.69, 9.17) is 21.1 Å². The number of hydrogen-bond donors (Lipinski definition) is 0. The minimum atomic E-state index is -4.80. The Morgan fingerprint density at radius 3 is 2.21 bits per heavy atom. The molecule has 0 saturated heterocycles. The summed E-state index contributed by atoms with van der Waals surface area (Å²) in [7, 11) is 2.12. The molecule has 0 unspecified atom stereocenters. The van der Waals surface area contributed by atoms with Crippen LogP contribution in [0.25, 0.3) is 6.08 Å². The summed E-state index contributed by atoms with van der Waals surface area (Å²) >= 11 is 6.25. The highest BCUT2D eigenvalue weighted by Gasteiger charge is 2.34. The third kappa shape index (κ3) is 6.16. The second kappa shape index (κ2) is 10.9.